The summed E-state index contributed by atoms with van der Waals surface area (Å²) in [6.45, 7) is 2.88. The fraction of sp³-hybridized carbons (Fsp3) is 0.120. The first kappa shape index (κ1) is 20.7. The van der Waals surface area contributed by atoms with E-state index in [1.165, 1.54) is 11.3 Å². The molecule has 0 spiro atoms. The largest absolute Gasteiger partial charge is 0.490 e. The van der Waals surface area contributed by atoms with Crippen molar-refractivity contribution in [1.82, 2.24) is 9.38 Å². The number of hydrogen-bond acceptors (Lipinski definition) is 5. The Balaban J connectivity index is 1.55. The third-order valence-corrected chi connectivity index (χ3v) is 6.69. The molecule has 0 bridgehead atoms. The Bertz CT molecular complexity index is 1530. The van der Waals surface area contributed by atoms with Crippen molar-refractivity contribution in [1.29, 1.82) is 0 Å². The molecule has 0 saturated heterocycles. The fourth-order valence-corrected chi connectivity index (χ4v) is 4.95. The molecule has 5 nitrogen and oxygen atoms in total. The number of aromatic nitrogens is 2. The molecule has 2 heterocycles. The second-order valence-electron chi connectivity index (χ2n) is 7.16. The lowest BCUT2D eigenvalue weighted by molar-refractivity contribution is 0.269. The highest BCUT2D eigenvalue weighted by Crippen LogP contribution is 2.35. The van der Waals surface area contributed by atoms with Crippen LogP contribution in [-0.4, -0.2) is 16.0 Å². The highest BCUT2D eigenvalue weighted by molar-refractivity contribution is 9.10. The number of hydrogen-bond donors (Lipinski definition) is 0. The van der Waals surface area contributed by atoms with Gasteiger partial charge in [0.05, 0.1) is 22.2 Å². The van der Waals surface area contributed by atoms with E-state index in [9.17, 15) is 4.79 Å². The number of imidazole rings is 1. The van der Waals surface area contributed by atoms with Gasteiger partial charge < -0.3 is 9.47 Å². The van der Waals surface area contributed by atoms with Crippen LogP contribution in [0, 0.1) is 0 Å². The molecule has 0 aliphatic rings. The molecule has 160 valence electrons. The van der Waals surface area contributed by atoms with Crippen molar-refractivity contribution in [2.75, 3.05) is 6.61 Å². The Labute approximate surface area is 196 Å². The number of ether oxygens (including phenoxy) is 2. The number of thiazole rings is 1. The second-order valence-corrected chi connectivity index (χ2v) is 9.03. The molecular weight excluding hydrogens is 488 g/mol. The molecule has 0 aliphatic heterocycles. The molecule has 5 rings (SSSR count). The topological polar surface area (TPSA) is 52.8 Å². The first-order valence-corrected chi connectivity index (χ1v) is 11.8. The number of nitrogens with zero attached hydrogens (tertiary/aromatic N) is 2. The van der Waals surface area contributed by atoms with E-state index in [0.29, 0.717) is 34.2 Å². The fourth-order valence-electron chi connectivity index (χ4n) is 3.53. The van der Waals surface area contributed by atoms with Crippen LogP contribution in [-0.2, 0) is 6.61 Å². The van der Waals surface area contributed by atoms with Crippen LogP contribution in [0.4, 0.5) is 0 Å². The summed E-state index contributed by atoms with van der Waals surface area (Å²) in [5.41, 5.74) is 3.48. The number of fused-ring (bicyclic) bond motifs is 3. The Hall–Kier alpha value is -3.16. The highest BCUT2D eigenvalue weighted by Gasteiger charge is 2.13. The zero-order chi connectivity index (χ0) is 22.1. The Morgan fingerprint density at radius 3 is 2.59 bits per heavy atom. The van der Waals surface area contributed by atoms with Gasteiger partial charge in [-0.2, -0.15) is 0 Å². The third kappa shape index (κ3) is 3.89. The van der Waals surface area contributed by atoms with Crippen LogP contribution in [0.1, 0.15) is 18.1 Å². The maximum absolute atomic E-state index is 13.1. The minimum absolute atomic E-state index is 0.0760. The maximum atomic E-state index is 13.1. The van der Waals surface area contributed by atoms with Crippen molar-refractivity contribution in [3.63, 3.8) is 0 Å². The normalized spacial score (nSPS) is 12.0. The standard InChI is InChI=1S/C25H19BrN2O3S/c1-2-30-21-12-17(18(26)14-22(21)31-15-16-8-4-3-5-9-16)13-23-24(29)28-20-11-7-6-10-19(20)27-25(28)32-23/h3-14H,2,15H2,1H3/b23-13-. The molecule has 32 heavy (non-hydrogen) atoms. The smallest absolute Gasteiger partial charge is 0.274 e. The van der Waals surface area contributed by atoms with Gasteiger partial charge >= 0.3 is 0 Å². The third-order valence-electron chi connectivity index (χ3n) is 5.03. The van der Waals surface area contributed by atoms with Gasteiger partial charge in [0.25, 0.3) is 5.56 Å². The van der Waals surface area contributed by atoms with E-state index in [1.807, 2.05) is 79.7 Å². The molecule has 0 saturated carbocycles. The van der Waals surface area contributed by atoms with Gasteiger partial charge in [-0.15, -0.1) is 0 Å². The summed E-state index contributed by atoms with van der Waals surface area (Å²) in [4.78, 5) is 18.4. The quantitative estimate of drug-likeness (QED) is 0.317. The second kappa shape index (κ2) is 8.76. The van der Waals surface area contributed by atoms with Crippen molar-refractivity contribution < 1.29 is 9.47 Å². The molecule has 3 aromatic carbocycles. The SMILES string of the molecule is CCOc1cc(/C=c2\sc3nc4ccccc4n3c2=O)c(Br)cc1OCc1ccccc1. The lowest BCUT2D eigenvalue weighted by Gasteiger charge is -2.14. The maximum Gasteiger partial charge on any atom is 0.274 e. The molecule has 0 fully saturated rings. The molecule has 5 aromatic rings. The Morgan fingerprint density at radius 1 is 1.03 bits per heavy atom. The van der Waals surface area contributed by atoms with Crippen LogP contribution in [0.5, 0.6) is 11.5 Å². The minimum Gasteiger partial charge on any atom is -0.490 e. The van der Waals surface area contributed by atoms with Crippen molar-refractivity contribution in [2.45, 2.75) is 13.5 Å². The van der Waals surface area contributed by atoms with Crippen molar-refractivity contribution in [2.24, 2.45) is 0 Å². The molecule has 2 aromatic heterocycles. The van der Waals surface area contributed by atoms with Gasteiger partial charge in [-0.05, 0) is 48.4 Å². The molecule has 0 radical (unpaired) electrons. The van der Waals surface area contributed by atoms with E-state index >= 15 is 0 Å². The summed E-state index contributed by atoms with van der Waals surface area (Å²) in [6.07, 6.45) is 1.87. The van der Waals surface area contributed by atoms with E-state index in [4.69, 9.17) is 9.47 Å². The van der Waals surface area contributed by atoms with Crippen molar-refractivity contribution >= 4 is 49.3 Å². The van der Waals surface area contributed by atoms with Gasteiger partial charge in [0.15, 0.2) is 16.5 Å². The van der Waals surface area contributed by atoms with Gasteiger partial charge in [-0.1, -0.05) is 69.7 Å². The summed E-state index contributed by atoms with van der Waals surface area (Å²) in [7, 11) is 0. The van der Waals surface area contributed by atoms with Crippen LogP contribution in [0.25, 0.3) is 22.1 Å². The van der Waals surface area contributed by atoms with E-state index in [0.717, 1.165) is 26.6 Å². The minimum atomic E-state index is -0.0760. The number of rotatable bonds is 6. The predicted octanol–water partition coefficient (Wildman–Crippen LogP) is 5.20. The highest BCUT2D eigenvalue weighted by atomic mass is 79.9. The molecule has 7 heteroatoms. The first-order chi connectivity index (χ1) is 15.6. The molecule has 0 unspecified atom stereocenters. The average molecular weight is 507 g/mol. The van der Waals surface area contributed by atoms with E-state index < -0.39 is 0 Å². The lowest BCUT2D eigenvalue weighted by atomic mass is 10.2. The van der Waals surface area contributed by atoms with Gasteiger partial charge in [0, 0.05) is 4.47 Å². The molecular formula is C25H19BrN2O3S. The molecule has 0 N–H and O–H groups in total. The summed E-state index contributed by atoms with van der Waals surface area (Å²) >= 11 is 5.00. The molecule has 0 atom stereocenters. The Morgan fingerprint density at radius 2 is 1.78 bits per heavy atom. The number of benzene rings is 3. The van der Waals surface area contributed by atoms with Gasteiger partial charge in [-0.25, -0.2) is 9.38 Å². The van der Waals surface area contributed by atoms with E-state index in [2.05, 4.69) is 20.9 Å². The monoisotopic (exact) mass is 506 g/mol. The number of para-hydroxylation sites is 2. The van der Waals surface area contributed by atoms with Crippen LogP contribution < -0.4 is 19.6 Å². The zero-order valence-electron chi connectivity index (χ0n) is 17.2. The van der Waals surface area contributed by atoms with Gasteiger partial charge in [-0.3, -0.25) is 4.79 Å². The van der Waals surface area contributed by atoms with Gasteiger partial charge in [0.2, 0.25) is 0 Å². The summed E-state index contributed by atoms with van der Waals surface area (Å²) < 4.78 is 15.0. The first-order valence-electron chi connectivity index (χ1n) is 10.2. The van der Waals surface area contributed by atoms with Crippen LogP contribution >= 0.6 is 27.3 Å². The summed E-state index contributed by atoms with van der Waals surface area (Å²) in [5, 5.41) is 0. The van der Waals surface area contributed by atoms with Crippen LogP contribution in [0.15, 0.2) is 76.0 Å². The average Bonchev–Trinajstić information content (AvgIpc) is 3.31. The van der Waals surface area contributed by atoms with E-state index in [1.54, 1.807) is 4.40 Å². The number of halogens is 1. The van der Waals surface area contributed by atoms with E-state index in [-0.39, 0.29) is 5.56 Å². The molecule has 0 amide bonds. The predicted molar refractivity (Wildman–Crippen MR) is 132 cm³/mol. The van der Waals surface area contributed by atoms with Crippen molar-refractivity contribution in [3.8, 4) is 11.5 Å². The van der Waals surface area contributed by atoms with Gasteiger partial charge in [0.1, 0.15) is 6.61 Å². The van der Waals surface area contributed by atoms with Crippen LogP contribution in [0.3, 0.4) is 0 Å². The molecule has 0 aliphatic carbocycles. The zero-order valence-corrected chi connectivity index (χ0v) is 19.7. The summed E-state index contributed by atoms with van der Waals surface area (Å²) in [6, 6.07) is 21.4. The lowest BCUT2D eigenvalue weighted by Crippen LogP contribution is -2.22. The summed E-state index contributed by atoms with van der Waals surface area (Å²) in [5.74, 6) is 1.28. The Kier molecular flexibility index (Phi) is 5.68. The van der Waals surface area contributed by atoms with Crippen LogP contribution in [0.2, 0.25) is 0 Å². The van der Waals surface area contributed by atoms with Crippen molar-refractivity contribution in [3.05, 3.63) is 97.2 Å².